The van der Waals surface area contributed by atoms with Crippen LogP contribution in [0.1, 0.15) is 23.1 Å². The third-order valence-corrected chi connectivity index (χ3v) is 8.25. The molecule has 2 saturated carbocycles. The quantitative estimate of drug-likeness (QED) is 0.346. The largest absolute Gasteiger partial charge is 0.342 e. The zero-order chi connectivity index (χ0) is 23.0. The van der Waals surface area contributed by atoms with E-state index < -0.39 is 0 Å². The zero-order valence-electron chi connectivity index (χ0n) is 18.4. The number of allylic oxidation sites excluding steroid dienone is 2. The van der Waals surface area contributed by atoms with Gasteiger partial charge in [-0.05, 0) is 47.8 Å². The molecule has 1 saturated heterocycles. The maximum absolute atomic E-state index is 13.2. The molecule has 0 unspecified atom stereocenters. The first-order valence-corrected chi connectivity index (χ1v) is 11.8. The second-order valence-corrected chi connectivity index (χ2v) is 9.89. The number of rotatable bonds is 4. The second-order valence-electron chi connectivity index (χ2n) is 9.89. The number of amides is 2. The van der Waals surface area contributed by atoms with Crippen molar-refractivity contribution in [2.75, 3.05) is 0 Å². The van der Waals surface area contributed by atoms with Gasteiger partial charge in [0.25, 0.3) is 11.8 Å². The number of hydrazone groups is 1. The summed E-state index contributed by atoms with van der Waals surface area (Å²) in [4.78, 5) is 26.5. The minimum atomic E-state index is -0.243. The summed E-state index contributed by atoms with van der Waals surface area (Å²) in [5.41, 5.74) is 3.42. The summed E-state index contributed by atoms with van der Waals surface area (Å²) in [6.07, 6.45) is 9.10. The number of carbonyl (C=O) groups is 2. The first-order chi connectivity index (χ1) is 16.7. The Morgan fingerprint density at radius 2 is 1.65 bits per heavy atom. The Balaban J connectivity index is 1.22. The maximum atomic E-state index is 13.2. The first-order valence-electron chi connectivity index (χ1n) is 11.8. The highest BCUT2D eigenvalue weighted by Crippen LogP contribution is 2.65. The Labute approximate surface area is 196 Å². The first kappa shape index (κ1) is 19.5. The Hall–Kier alpha value is -3.98. The molecule has 8 rings (SSSR count). The SMILES string of the molecule is N#Cc1ccccc1Cn1cc(/C=N/N2C(=O)[C@H]3[C@@H]4C=C[C@H]([C@H]5C[C@H]45)[C@@H]3C2=O)c2ccccc21. The lowest BCUT2D eigenvalue weighted by molar-refractivity contribution is -0.140. The molecular weight excluding hydrogens is 424 g/mol. The number of aromatic nitrogens is 1. The van der Waals surface area contributed by atoms with Crippen molar-refractivity contribution < 1.29 is 9.59 Å². The normalized spacial score (nSPS) is 30.7. The third-order valence-electron chi connectivity index (χ3n) is 8.25. The van der Waals surface area contributed by atoms with E-state index >= 15 is 0 Å². The van der Waals surface area contributed by atoms with E-state index in [0.29, 0.717) is 23.9 Å². The molecule has 5 aliphatic rings. The van der Waals surface area contributed by atoms with Crippen LogP contribution in [0.3, 0.4) is 0 Å². The van der Waals surface area contributed by atoms with E-state index in [1.54, 1.807) is 6.21 Å². The van der Waals surface area contributed by atoms with Crippen molar-refractivity contribution in [2.45, 2.75) is 13.0 Å². The van der Waals surface area contributed by atoms with Crippen LogP contribution >= 0.6 is 0 Å². The van der Waals surface area contributed by atoms with Gasteiger partial charge in [-0.2, -0.15) is 15.4 Å². The molecule has 2 bridgehead atoms. The van der Waals surface area contributed by atoms with E-state index in [0.717, 1.165) is 33.5 Å². The molecule has 6 nitrogen and oxygen atoms in total. The third kappa shape index (κ3) is 2.64. The van der Waals surface area contributed by atoms with Crippen LogP contribution in [0.2, 0.25) is 0 Å². The van der Waals surface area contributed by atoms with Crippen LogP contribution in [-0.2, 0) is 16.1 Å². The number of hydrogen-bond donors (Lipinski definition) is 0. The molecular formula is C28H22N4O2. The van der Waals surface area contributed by atoms with Crippen LogP contribution in [0.15, 0.2) is 72.0 Å². The van der Waals surface area contributed by atoms with Crippen LogP contribution in [0.5, 0.6) is 0 Å². The molecule has 6 heteroatoms. The Morgan fingerprint density at radius 3 is 2.38 bits per heavy atom. The molecule has 0 N–H and O–H groups in total. The Kier molecular flexibility index (Phi) is 4.02. The number of nitriles is 1. The lowest BCUT2D eigenvalue weighted by Crippen LogP contribution is -2.40. The molecule has 166 valence electrons. The minimum absolute atomic E-state index is 0.150. The van der Waals surface area contributed by atoms with Crippen molar-refractivity contribution in [3.8, 4) is 6.07 Å². The maximum Gasteiger partial charge on any atom is 0.254 e. The summed E-state index contributed by atoms with van der Waals surface area (Å²) < 4.78 is 2.08. The Morgan fingerprint density at radius 1 is 0.971 bits per heavy atom. The highest BCUT2D eigenvalue weighted by molar-refractivity contribution is 6.07. The van der Waals surface area contributed by atoms with Crippen molar-refractivity contribution in [3.63, 3.8) is 0 Å². The van der Waals surface area contributed by atoms with Crippen LogP contribution in [-0.4, -0.2) is 27.6 Å². The van der Waals surface area contributed by atoms with Gasteiger partial charge < -0.3 is 4.57 Å². The van der Waals surface area contributed by atoms with Crippen molar-refractivity contribution in [3.05, 3.63) is 83.6 Å². The zero-order valence-corrected chi connectivity index (χ0v) is 18.4. The predicted molar refractivity (Wildman–Crippen MR) is 126 cm³/mol. The summed E-state index contributed by atoms with van der Waals surface area (Å²) in [6.45, 7) is 0.543. The molecule has 3 aromatic rings. The van der Waals surface area contributed by atoms with Crippen molar-refractivity contribution in [1.82, 2.24) is 9.58 Å². The van der Waals surface area contributed by atoms with Gasteiger partial charge >= 0.3 is 0 Å². The minimum Gasteiger partial charge on any atom is -0.342 e. The summed E-state index contributed by atoms with van der Waals surface area (Å²) in [6, 6.07) is 17.8. The highest BCUT2D eigenvalue weighted by atomic mass is 16.2. The number of hydrogen-bond acceptors (Lipinski definition) is 4. The number of nitrogens with zero attached hydrogens (tertiary/aromatic N) is 4. The van der Waals surface area contributed by atoms with Gasteiger partial charge in [0, 0.05) is 29.2 Å². The van der Waals surface area contributed by atoms with Gasteiger partial charge in [0.15, 0.2) is 0 Å². The molecule has 2 heterocycles. The van der Waals surface area contributed by atoms with E-state index in [1.165, 1.54) is 0 Å². The molecule has 0 radical (unpaired) electrons. The number of fused-ring (bicyclic) bond motifs is 1. The fourth-order valence-electron chi connectivity index (χ4n) is 6.63. The molecule has 2 aromatic carbocycles. The topological polar surface area (TPSA) is 78.5 Å². The number of carbonyl (C=O) groups excluding carboxylic acids is 2. The van der Waals surface area contributed by atoms with Crippen LogP contribution in [0, 0.1) is 46.8 Å². The summed E-state index contributed by atoms with van der Waals surface area (Å²) in [5, 5.41) is 16.0. The van der Waals surface area contributed by atoms with E-state index in [9.17, 15) is 14.9 Å². The highest BCUT2D eigenvalue weighted by Gasteiger charge is 2.67. The Bertz CT molecular complexity index is 1440. The standard InChI is InChI=1S/C28H22N4O2/c29-12-16-5-1-2-6-17(16)14-31-15-18(19-7-3-4-8-24(19)31)13-30-32-27(33)25-20-9-10-21(23-11-22(20)23)26(25)28(32)34/h1-10,13,15,20-23,25-26H,11,14H2/b30-13+/t20-,21-,22-,23-,25+,26+/m1/s1. The van der Waals surface area contributed by atoms with Crippen molar-refractivity contribution in [1.29, 1.82) is 5.26 Å². The number of benzene rings is 2. The van der Waals surface area contributed by atoms with Gasteiger partial charge in [-0.15, -0.1) is 0 Å². The van der Waals surface area contributed by atoms with Gasteiger partial charge in [0.1, 0.15) is 0 Å². The van der Waals surface area contributed by atoms with E-state index in [-0.39, 0.29) is 35.5 Å². The number of para-hydroxylation sites is 1. The summed E-state index contributed by atoms with van der Waals surface area (Å²) in [7, 11) is 0. The van der Waals surface area contributed by atoms with Crippen LogP contribution in [0.4, 0.5) is 0 Å². The van der Waals surface area contributed by atoms with Crippen molar-refractivity contribution in [2.24, 2.45) is 40.6 Å². The molecule has 1 aromatic heterocycles. The molecule has 2 amide bonds. The number of imide groups is 1. The van der Waals surface area contributed by atoms with Crippen molar-refractivity contribution >= 4 is 28.9 Å². The molecule has 34 heavy (non-hydrogen) atoms. The molecule has 1 aliphatic heterocycles. The lowest BCUT2D eigenvalue weighted by Gasteiger charge is -2.37. The average molecular weight is 447 g/mol. The van der Waals surface area contributed by atoms with Crippen LogP contribution in [0.25, 0.3) is 10.9 Å². The second kappa shape index (κ2) is 7.01. The van der Waals surface area contributed by atoms with Gasteiger partial charge in [0.2, 0.25) is 0 Å². The van der Waals surface area contributed by atoms with E-state index in [1.807, 2.05) is 54.7 Å². The molecule has 4 aliphatic carbocycles. The average Bonchev–Trinajstić information content (AvgIpc) is 3.58. The van der Waals surface area contributed by atoms with Crippen LogP contribution < -0.4 is 0 Å². The van der Waals surface area contributed by atoms with E-state index in [2.05, 4.69) is 27.9 Å². The molecule has 0 spiro atoms. The summed E-state index contributed by atoms with van der Waals surface area (Å²) >= 11 is 0. The summed E-state index contributed by atoms with van der Waals surface area (Å²) in [5.74, 6) is 0.750. The van der Waals surface area contributed by atoms with Gasteiger partial charge in [-0.25, -0.2) is 0 Å². The van der Waals surface area contributed by atoms with Gasteiger partial charge in [0.05, 0.1) is 29.7 Å². The van der Waals surface area contributed by atoms with E-state index in [4.69, 9.17) is 0 Å². The monoisotopic (exact) mass is 446 g/mol. The fourth-order valence-corrected chi connectivity index (χ4v) is 6.63. The molecule has 6 atom stereocenters. The molecule has 3 fully saturated rings. The lowest BCUT2D eigenvalue weighted by atomic mass is 9.63. The van der Waals surface area contributed by atoms with Gasteiger partial charge in [-0.3, -0.25) is 9.59 Å². The van der Waals surface area contributed by atoms with Gasteiger partial charge in [-0.1, -0.05) is 48.6 Å². The smallest absolute Gasteiger partial charge is 0.254 e. The fraction of sp³-hybridized carbons (Fsp3) is 0.286. The predicted octanol–water partition coefficient (Wildman–Crippen LogP) is 3.95.